The molecule has 0 aliphatic carbocycles. The zero-order valence-corrected chi connectivity index (χ0v) is 16.7. The summed E-state index contributed by atoms with van der Waals surface area (Å²) >= 11 is 1.29. The van der Waals surface area contributed by atoms with E-state index in [4.69, 9.17) is 4.74 Å². The largest absolute Gasteiger partial charge is 0.484 e. The number of nitrogens with one attached hydrogen (secondary N) is 1. The van der Waals surface area contributed by atoms with Gasteiger partial charge in [0, 0.05) is 24.6 Å². The first-order valence-electron chi connectivity index (χ1n) is 9.27. The first kappa shape index (κ1) is 19.1. The van der Waals surface area contributed by atoms with Gasteiger partial charge in [-0.05, 0) is 30.7 Å². The van der Waals surface area contributed by atoms with Gasteiger partial charge in [0.05, 0.1) is 0 Å². The Morgan fingerprint density at radius 2 is 1.93 bits per heavy atom. The van der Waals surface area contributed by atoms with Crippen molar-refractivity contribution in [1.29, 1.82) is 0 Å². The summed E-state index contributed by atoms with van der Waals surface area (Å²) in [4.78, 5) is 26.4. The van der Waals surface area contributed by atoms with Crippen molar-refractivity contribution in [3.8, 4) is 5.75 Å². The van der Waals surface area contributed by atoms with Gasteiger partial charge in [-0.25, -0.2) is 0 Å². The van der Waals surface area contributed by atoms with Gasteiger partial charge in [-0.15, -0.1) is 10.2 Å². The number of carbonyl (C=O) groups is 2. The van der Waals surface area contributed by atoms with Gasteiger partial charge in [0.2, 0.25) is 11.0 Å². The zero-order chi connectivity index (χ0) is 20.2. The summed E-state index contributed by atoms with van der Waals surface area (Å²) in [6.45, 7) is 2.44. The molecule has 0 radical (unpaired) electrons. The van der Waals surface area contributed by atoms with E-state index >= 15 is 0 Å². The quantitative estimate of drug-likeness (QED) is 0.676. The van der Waals surface area contributed by atoms with E-state index in [1.165, 1.54) is 11.3 Å². The van der Waals surface area contributed by atoms with E-state index in [1.54, 1.807) is 17.0 Å². The van der Waals surface area contributed by atoms with Crippen LogP contribution in [0.4, 0.5) is 10.8 Å². The fourth-order valence-electron chi connectivity index (χ4n) is 3.24. The normalized spacial score (nSPS) is 16.1. The first-order chi connectivity index (χ1) is 14.1. The second-order valence-corrected chi connectivity index (χ2v) is 7.80. The molecule has 29 heavy (non-hydrogen) atoms. The molecule has 1 aliphatic rings. The number of rotatable bonds is 6. The molecule has 1 aromatic heterocycles. The van der Waals surface area contributed by atoms with Gasteiger partial charge in [-0.1, -0.05) is 47.7 Å². The van der Waals surface area contributed by atoms with E-state index in [2.05, 4.69) is 15.5 Å². The maximum Gasteiger partial charge on any atom is 0.264 e. The summed E-state index contributed by atoms with van der Waals surface area (Å²) in [6.07, 6.45) is 0.383. The number of ether oxygens (including phenoxy) is 1. The molecule has 2 amide bonds. The van der Waals surface area contributed by atoms with Crippen LogP contribution in [-0.2, 0) is 9.59 Å². The molecule has 0 saturated carbocycles. The van der Waals surface area contributed by atoms with E-state index in [9.17, 15) is 9.59 Å². The minimum atomic E-state index is -0.305. The molecule has 1 N–H and O–H groups in total. The zero-order valence-electron chi connectivity index (χ0n) is 15.9. The van der Waals surface area contributed by atoms with E-state index in [0.717, 1.165) is 16.3 Å². The van der Waals surface area contributed by atoms with Gasteiger partial charge in [-0.3, -0.25) is 14.9 Å². The fraction of sp³-hybridized carbons (Fsp3) is 0.238. The Labute approximate surface area is 172 Å². The summed E-state index contributed by atoms with van der Waals surface area (Å²) in [6, 6.07) is 17.0. The maximum atomic E-state index is 12.5. The lowest BCUT2D eigenvalue weighted by Gasteiger charge is -2.18. The minimum Gasteiger partial charge on any atom is -0.484 e. The standard InChI is InChI=1S/C21H20N4O3S/c1-14-7-5-6-10-17(14)25-12-15(11-19(25)27)20-23-24-21(29-20)22-18(26)13-28-16-8-3-2-4-9-16/h2-10,15H,11-13H2,1H3,(H,22,24,26)/t15-/m0/s1. The molecule has 7 nitrogen and oxygen atoms in total. The van der Waals surface area contributed by atoms with Crippen LogP contribution in [0.1, 0.15) is 22.9 Å². The molecule has 1 atom stereocenters. The molecule has 2 aromatic carbocycles. The lowest BCUT2D eigenvalue weighted by atomic mass is 10.1. The summed E-state index contributed by atoms with van der Waals surface area (Å²) in [5, 5.41) is 12.1. The van der Waals surface area contributed by atoms with Crippen molar-refractivity contribution < 1.29 is 14.3 Å². The minimum absolute atomic E-state index is 0.0363. The Morgan fingerprint density at radius 1 is 1.17 bits per heavy atom. The van der Waals surface area contributed by atoms with Crippen molar-refractivity contribution in [2.24, 2.45) is 0 Å². The Bertz CT molecular complexity index is 1020. The van der Waals surface area contributed by atoms with Crippen LogP contribution >= 0.6 is 11.3 Å². The Hall–Kier alpha value is -3.26. The number of anilines is 2. The molecule has 0 unspecified atom stereocenters. The molecule has 8 heteroatoms. The van der Waals surface area contributed by atoms with Crippen LogP contribution in [0.15, 0.2) is 54.6 Å². The Kier molecular flexibility index (Phi) is 5.53. The third-order valence-electron chi connectivity index (χ3n) is 4.68. The van der Waals surface area contributed by atoms with Crippen molar-refractivity contribution in [3.63, 3.8) is 0 Å². The highest BCUT2D eigenvalue weighted by Crippen LogP contribution is 2.35. The molecule has 0 bridgehead atoms. The predicted molar refractivity (Wildman–Crippen MR) is 111 cm³/mol. The summed E-state index contributed by atoms with van der Waals surface area (Å²) in [5.74, 6) is 0.356. The number of hydrogen-bond donors (Lipinski definition) is 1. The molecule has 1 aliphatic heterocycles. The van der Waals surface area contributed by atoms with Crippen molar-refractivity contribution in [1.82, 2.24) is 10.2 Å². The molecular weight excluding hydrogens is 388 g/mol. The van der Waals surface area contributed by atoms with Crippen LogP contribution in [0.25, 0.3) is 0 Å². The van der Waals surface area contributed by atoms with E-state index in [-0.39, 0.29) is 24.3 Å². The van der Waals surface area contributed by atoms with Crippen LogP contribution < -0.4 is 15.0 Å². The monoisotopic (exact) mass is 408 g/mol. The van der Waals surface area contributed by atoms with Gasteiger partial charge in [0.1, 0.15) is 10.8 Å². The van der Waals surface area contributed by atoms with Crippen molar-refractivity contribution >= 4 is 34.0 Å². The highest BCUT2D eigenvalue weighted by atomic mass is 32.1. The number of aryl methyl sites for hydroxylation is 1. The summed E-state index contributed by atoms with van der Waals surface area (Å²) < 4.78 is 5.43. The van der Waals surface area contributed by atoms with Crippen molar-refractivity contribution in [3.05, 3.63) is 65.2 Å². The average molecular weight is 408 g/mol. The summed E-state index contributed by atoms with van der Waals surface area (Å²) in [5.41, 5.74) is 1.99. The molecule has 2 heterocycles. The fourth-order valence-corrected chi connectivity index (χ4v) is 4.09. The second kappa shape index (κ2) is 8.40. The van der Waals surface area contributed by atoms with Crippen LogP contribution in [0, 0.1) is 6.92 Å². The van der Waals surface area contributed by atoms with Gasteiger partial charge < -0.3 is 9.64 Å². The molecule has 1 fully saturated rings. The molecule has 148 valence electrons. The Balaban J connectivity index is 1.36. The number of nitrogens with zero attached hydrogens (tertiary/aromatic N) is 3. The average Bonchev–Trinajstić information content (AvgIpc) is 3.34. The lowest BCUT2D eigenvalue weighted by Crippen LogP contribution is -2.25. The second-order valence-electron chi connectivity index (χ2n) is 6.79. The topological polar surface area (TPSA) is 84.4 Å². The van der Waals surface area contributed by atoms with Crippen molar-refractivity contribution in [2.75, 3.05) is 23.4 Å². The molecular formula is C21H20N4O3S. The van der Waals surface area contributed by atoms with Gasteiger partial charge in [0.25, 0.3) is 5.91 Å². The number of hydrogen-bond acceptors (Lipinski definition) is 6. The van der Waals surface area contributed by atoms with Crippen molar-refractivity contribution in [2.45, 2.75) is 19.3 Å². The smallest absolute Gasteiger partial charge is 0.264 e. The van der Waals surface area contributed by atoms with Crippen LogP contribution in [0.3, 0.4) is 0 Å². The predicted octanol–water partition coefficient (Wildman–Crippen LogP) is 3.38. The number of carbonyl (C=O) groups excluding carboxylic acids is 2. The highest BCUT2D eigenvalue weighted by Gasteiger charge is 2.34. The first-order valence-corrected chi connectivity index (χ1v) is 10.1. The highest BCUT2D eigenvalue weighted by molar-refractivity contribution is 7.15. The van der Waals surface area contributed by atoms with Crippen LogP contribution in [-0.4, -0.2) is 35.2 Å². The number of amides is 2. The van der Waals surface area contributed by atoms with E-state index < -0.39 is 0 Å². The summed E-state index contributed by atoms with van der Waals surface area (Å²) in [7, 11) is 0. The van der Waals surface area contributed by atoms with Gasteiger partial charge in [-0.2, -0.15) is 0 Å². The van der Waals surface area contributed by atoms with E-state index in [1.807, 2.05) is 49.4 Å². The van der Waals surface area contributed by atoms with Crippen LogP contribution in [0.2, 0.25) is 0 Å². The lowest BCUT2D eigenvalue weighted by molar-refractivity contribution is -0.118. The molecule has 0 spiro atoms. The maximum absolute atomic E-state index is 12.5. The molecule has 1 saturated heterocycles. The molecule has 3 aromatic rings. The Morgan fingerprint density at radius 3 is 2.72 bits per heavy atom. The number of benzene rings is 2. The third kappa shape index (κ3) is 4.43. The van der Waals surface area contributed by atoms with Crippen LogP contribution in [0.5, 0.6) is 5.75 Å². The van der Waals surface area contributed by atoms with Gasteiger partial charge in [0.15, 0.2) is 6.61 Å². The van der Waals surface area contributed by atoms with E-state index in [0.29, 0.717) is 23.8 Å². The number of para-hydroxylation sites is 2. The van der Waals surface area contributed by atoms with Gasteiger partial charge >= 0.3 is 0 Å². The number of aromatic nitrogens is 2. The molecule has 4 rings (SSSR count). The SMILES string of the molecule is Cc1ccccc1N1C[C@@H](c2nnc(NC(=O)COc3ccccc3)s2)CC1=O. The third-order valence-corrected chi connectivity index (χ3v) is 5.68.